The zero-order chi connectivity index (χ0) is 17.4. The number of hydrogen-bond acceptors (Lipinski definition) is 4. The average molecular weight is 325 g/mol. The first-order chi connectivity index (χ1) is 11.6. The van der Waals surface area contributed by atoms with E-state index < -0.39 is 0 Å². The Morgan fingerprint density at radius 3 is 2.58 bits per heavy atom. The largest absolute Gasteiger partial charge is 0.497 e. The van der Waals surface area contributed by atoms with Crippen molar-refractivity contribution in [2.24, 2.45) is 0 Å². The Bertz CT molecular complexity index is 667. The number of amides is 1. The number of hydrogen-bond donors (Lipinski definition) is 1. The Morgan fingerprint density at radius 2 is 2.00 bits per heavy atom. The van der Waals surface area contributed by atoms with Gasteiger partial charge in [-0.2, -0.15) is 0 Å². The standard InChI is InChI=1S/C19H23N3O2/c1-22(2)18(15-7-10-17(24-3)11-8-15)14-21-19(23)12-9-16-6-4-5-13-20-16/h4-13,18H,14H2,1-3H3,(H,21,23)/b12-9+. The van der Waals surface area contributed by atoms with Gasteiger partial charge in [0.15, 0.2) is 0 Å². The van der Waals surface area contributed by atoms with Gasteiger partial charge in [-0.15, -0.1) is 0 Å². The zero-order valence-electron chi connectivity index (χ0n) is 14.3. The first kappa shape index (κ1) is 17.7. The third-order valence-electron chi connectivity index (χ3n) is 3.69. The van der Waals surface area contributed by atoms with Gasteiger partial charge in [-0.25, -0.2) is 0 Å². The van der Waals surface area contributed by atoms with Gasteiger partial charge in [0, 0.05) is 18.8 Å². The molecule has 0 aliphatic rings. The molecule has 0 aliphatic carbocycles. The van der Waals surface area contributed by atoms with Crippen LogP contribution in [0.25, 0.3) is 6.08 Å². The topological polar surface area (TPSA) is 54.5 Å². The fourth-order valence-corrected chi connectivity index (χ4v) is 2.32. The number of nitrogens with one attached hydrogen (secondary N) is 1. The molecule has 2 rings (SSSR count). The molecule has 0 bridgehead atoms. The van der Waals surface area contributed by atoms with Gasteiger partial charge in [0.1, 0.15) is 5.75 Å². The zero-order valence-corrected chi connectivity index (χ0v) is 14.3. The van der Waals surface area contributed by atoms with Crippen molar-refractivity contribution in [1.82, 2.24) is 15.2 Å². The molecule has 24 heavy (non-hydrogen) atoms. The van der Waals surface area contributed by atoms with Crippen LogP contribution in [-0.4, -0.2) is 43.5 Å². The number of aromatic nitrogens is 1. The number of benzene rings is 1. The lowest BCUT2D eigenvalue weighted by Gasteiger charge is -2.25. The maximum absolute atomic E-state index is 12.0. The maximum Gasteiger partial charge on any atom is 0.244 e. The molecule has 5 heteroatoms. The molecule has 2 aromatic rings. The van der Waals surface area contributed by atoms with Crippen LogP contribution in [0.15, 0.2) is 54.7 Å². The second-order valence-corrected chi connectivity index (χ2v) is 5.59. The normalized spacial score (nSPS) is 12.3. The SMILES string of the molecule is COc1ccc(C(CNC(=O)/C=C/c2ccccn2)N(C)C)cc1. The summed E-state index contributed by atoms with van der Waals surface area (Å²) in [6, 6.07) is 13.5. The lowest BCUT2D eigenvalue weighted by atomic mass is 10.1. The summed E-state index contributed by atoms with van der Waals surface area (Å²) in [5.41, 5.74) is 1.88. The number of pyridine rings is 1. The minimum Gasteiger partial charge on any atom is -0.497 e. The highest BCUT2D eigenvalue weighted by Gasteiger charge is 2.14. The molecule has 5 nitrogen and oxygen atoms in total. The molecule has 1 atom stereocenters. The average Bonchev–Trinajstić information content (AvgIpc) is 2.61. The lowest BCUT2D eigenvalue weighted by molar-refractivity contribution is -0.116. The van der Waals surface area contributed by atoms with Crippen molar-refractivity contribution in [3.63, 3.8) is 0 Å². The minimum absolute atomic E-state index is 0.0862. The van der Waals surface area contributed by atoms with E-state index in [1.165, 1.54) is 6.08 Å². The number of nitrogens with zero attached hydrogens (tertiary/aromatic N) is 2. The first-order valence-electron chi connectivity index (χ1n) is 7.77. The van der Waals surface area contributed by atoms with Crippen LogP contribution in [0.4, 0.5) is 0 Å². The molecule has 0 spiro atoms. The highest BCUT2D eigenvalue weighted by molar-refractivity contribution is 5.91. The number of carbonyl (C=O) groups excluding carboxylic acids is 1. The van der Waals surface area contributed by atoms with Gasteiger partial charge in [0.25, 0.3) is 0 Å². The van der Waals surface area contributed by atoms with Crippen molar-refractivity contribution in [2.45, 2.75) is 6.04 Å². The van der Waals surface area contributed by atoms with Gasteiger partial charge in [-0.05, 0) is 50.0 Å². The van der Waals surface area contributed by atoms with Crippen LogP contribution in [0.5, 0.6) is 5.75 Å². The first-order valence-corrected chi connectivity index (χ1v) is 7.77. The summed E-state index contributed by atoms with van der Waals surface area (Å²) in [5, 5.41) is 2.93. The molecule has 0 aliphatic heterocycles. The Balaban J connectivity index is 1.95. The fraction of sp³-hybridized carbons (Fsp3) is 0.263. The van der Waals surface area contributed by atoms with Gasteiger partial charge in [0.05, 0.1) is 18.8 Å². The molecule has 1 unspecified atom stereocenters. The van der Waals surface area contributed by atoms with E-state index in [2.05, 4.69) is 15.2 Å². The van der Waals surface area contributed by atoms with E-state index in [-0.39, 0.29) is 11.9 Å². The molecular weight excluding hydrogens is 302 g/mol. The Labute approximate surface area is 143 Å². The van der Waals surface area contributed by atoms with E-state index >= 15 is 0 Å². The van der Waals surface area contributed by atoms with Crippen LogP contribution in [0, 0.1) is 0 Å². The highest BCUT2D eigenvalue weighted by atomic mass is 16.5. The lowest BCUT2D eigenvalue weighted by Crippen LogP contribution is -2.33. The van der Waals surface area contributed by atoms with Crippen LogP contribution >= 0.6 is 0 Å². The van der Waals surface area contributed by atoms with Crippen LogP contribution in [0.1, 0.15) is 17.3 Å². The molecule has 0 saturated carbocycles. The Kier molecular flexibility index (Phi) is 6.51. The molecule has 0 fully saturated rings. The monoisotopic (exact) mass is 325 g/mol. The summed E-state index contributed by atoms with van der Waals surface area (Å²) < 4.78 is 5.18. The number of rotatable bonds is 7. The van der Waals surface area contributed by atoms with Gasteiger partial charge in [-0.3, -0.25) is 9.78 Å². The van der Waals surface area contributed by atoms with E-state index in [9.17, 15) is 4.79 Å². The summed E-state index contributed by atoms with van der Waals surface area (Å²) >= 11 is 0. The molecule has 1 N–H and O–H groups in total. The van der Waals surface area contributed by atoms with Crippen molar-refractivity contribution in [1.29, 1.82) is 0 Å². The molecule has 126 valence electrons. The van der Waals surface area contributed by atoms with Crippen LogP contribution < -0.4 is 10.1 Å². The van der Waals surface area contributed by atoms with Crippen LogP contribution in [0.3, 0.4) is 0 Å². The summed E-state index contributed by atoms with van der Waals surface area (Å²) in [5.74, 6) is 0.680. The van der Waals surface area contributed by atoms with Crippen molar-refractivity contribution in [3.05, 3.63) is 66.0 Å². The van der Waals surface area contributed by atoms with Crippen molar-refractivity contribution in [2.75, 3.05) is 27.7 Å². The van der Waals surface area contributed by atoms with E-state index in [1.54, 1.807) is 19.4 Å². The third-order valence-corrected chi connectivity index (χ3v) is 3.69. The van der Waals surface area contributed by atoms with E-state index in [0.29, 0.717) is 6.54 Å². The van der Waals surface area contributed by atoms with Crippen LogP contribution in [-0.2, 0) is 4.79 Å². The van der Waals surface area contributed by atoms with E-state index in [0.717, 1.165) is 17.0 Å². The van der Waals surface area contributed by atoms with Crippen molar-refractivity contribution >= 4 is 12.0 Å². The predicted octanol–water partition coefficient (Wildman–Crippen LogP) is 2.52. The van der Waals surface area contributed by atoms with E-state index in [4.69, 9.17) is 4.74 Å². The van der Waals surface area contributed by atoms with E-state index in [1.807, 2.05) is 56.6 Å². The second kappa shape index (κ2) is 8.84. The minimum atomic E-state index is -0.138. The molecule has 1 amide bonds. The number of carbonyl (C=O) groups is 1. The number of ether oxygens (including phenoxy) is 1. The Hall–Kier alpha value is -2.66. The quantitative estimate of drug-likeness (QED) is 0.795. The summed E-state index contributed by atoms with van der Waals surface area (Å²) in [6.07, 6.45) is 4.90. The van der Waals surface area contributed by atoms with Crippen molar-refractivity contribution < 1.29 is 9.53 Å². The molecule has 0 saturated heterocycles. The number of methoxy groups -OCH3 is 1. The van der Waals surface area contributed by atoms with Crippen molar-refractivity contribution in [3.8, 4) is 5.75 Å². The smallest absolute Gasteiger partial charge is 0.244 e. The summed E-state index contributed by atoms with van der Waals surface area (Å²) in [7, 11) is 5.63. The maximum atomic E-state index is 12.0. The second-order valence-electron chi connectivity index (χ2n) is 5.59. The summed E-state index contributed by atoms with van der Waals surface area (Å²) in [4.78, 5) is 18.2. The number of likely N-dealkylation sites (N-methyl/N-ethyl adjacent to an activating group) is 1. The molecule has 1 heterocycles. The fourth-order valence-electron chi connectivity index (χ4n) is 2.32. The predicted molar refractivity (Wildman–Crippen MR) is 95.7 cm³/mol. The third kappa shape index (κ3) is 5.21. The van der Waals surface area contributed by atoms with Gasteiger partial charge < -0.3 is 15.0 Å². The van der Waals surface area contributed by atoms with Crippen LogP contribution in [0.2, 0.25) is 0 Å². The Morgan fingerprint density at radius 1 is 1.25 bits per heavy atom. The van der Waals surface area contributed by atoms with Gasteiger partial charge >= 0.3 is 0 Å². The van der Waals surface area contributed by atoms with Gasteiger partial charge in [-0.1, -0.05) is 18.2 Å². The summed E-state index contributed by atoms with van der Waals surface area (Å²) in [6.45, 7) is 0.519. The molecular formula is C19H23N3O2. The van der Waals surface area contributed by atoms with Gasteiger partial charge in [0.2, 0.25) is 5.91 Å². The molecule has 0 radical (unpaired) electrons. The molecule has 1 aromatic carbocycles. The molecule has 1 aromatic heterocycles. The highest BCUT2D eigenvalue weighted by Crippen LogP contribution is 2.20.